The summed E-state index contributed by atoms with van der Waals surface area (Å²) in [5.41, 5.74) is 2.37. The summed E-state index contributed by atoms with van der Waals surface area (Å²) in [6, 6.07) is 14.6. The second-order valence-corrected chi connectivity index (χ2v) is 7.83. The number of thiocarbonyl (C=S) groups is 1. The lowest BCUT2D eigenvalue weighted by molar-refractivity contribution is -0.120. The Morgan fingerprint density at radius 1 is 1.12 bits per heavy atom. The summed E-state index contributed by atoms with van der Waals surface area (Å²) in [5, 5.41) is 0. The Kier molecular flexibility index (Phi) is 4.99. The molecule has 3 nitrogen and oxygen atoms in total. The lowest BCUT2D eigenvalue weighted by Crippen LogP contribution is -2.34. The molecule has 0 aliphatic carbocycles. The van der Waals surface area contributed by atoms with Gasteiger partial charge in [-0.1, -0.05) is 69.7 Å². The largest absolute Gasteiger partial charge is 0.273 e. The summed E-state index contributed by atoms with van der Waals surface area (Å²) < 4.78 is 1.22. The van der Waals surface area contributed by atoms with E-state index in [0.717, 1.165) is 32.3 Å². The zero-order chi connectivity index (χ0) is 17.3. The van der Waals surface area contributed by atoms with Crippen LogP contribution >= 0.6 is 39.9 Å². The minimum absolute atomic E-state index is 0.258. The molecular weight excluding hydrogens is 406 g/mol. The summed E-state index contributed by atoms with van der Waals surface area (Å²) in [4.78, 5) is 26.7. The lowest BCUT2D eigenvalue weighted by Gasteiger charge is -2.12. The van der Waals surface area contributed by atoms with Crippen LogP contribution in [0.5, 0.6) is 0 Å². The molecule has 0 unspecified atom stereocenters. The number of hydrogen-bond acceptors (Lipinski definition) is 4. The van der Waals surface area contributed by atoms with E-state index in [4.69, 9.17) is 12.2 Å². The Balaban J connectivity index is 1.87. The fourth-order valence-electron chi connectivity index (χ4n) is 2.18. The van der Waals surface area contributed by atoms with Crippen LogP contribution in [0.15, 0.2) is 57.9 Å². The predicted molar refractivity (Wildman–Crippen MR) is 105 cm³/mol. The van der Waals surface area contributed by atoms with E-state index >= 15 is 0 Å². The number of rotatable bonds is 2. The van der Waals surface area contributed by atoms with E-state index in [1.54, 1.807) is 18.2 Å². The first-order valence-electron chi connectivity index (χ1n) is 7.10. The van der Waals surface area contributed by atoms with E-state index in [1.807, 2.05) is 43.3 Å². The van der Waals surface area contributed by atoms with Gasteiger partial charge < -0.3 is 0 Å². The molecule has 120 valence electrons. The minimum Gasteiger partial charge on any atom is -0.268 e. The van der Waals surface area contributed by atoms with Crippen LogP contribution in [0.25, 0.3) is 6.08 Å². The summed E-state index contributed by atoms with van der Waals surface area (Å²) >= 11 is 9.75. The van der Waals surface area contributed by atoms with Gasteiger partial charge in [-0.05, 0) is 42.8 Å². The monoisotopic (exact) mass is 417 g/mol. The van der Waals surface area contributed by atoms with Crippen LogP contribution in [0, 0.1) is 6.92 Å². The number of nitrogens with zero attached hydrogens (tertiary/aromatic N) is 1. The average Bonchev–Trinajstić information content (AvgIpc) is 2.83. The van der Waals surface area contributed by atoms with Gasteiger partial charge in [0, 0.05) is 10.0 Å². The van der Waals surface area contributed by atoms with Crippen molar-refractivity contribution in [3.8, 4) is 0 Å². The molecule has 1 aliphatic rings. The summed E-state index contributed by atoms with van der Waals surface area (Å²) in [5.74, 6) is -0.768. The molecule has 0 atom stereocenters. The van der Waals surface area contributed by atoms with E-state index < -0.39 is 5.91 Å². The molecule has 0 radical (unpaired) electrons. The van der Waals surface area contributed by atoms with Gasteiger partial charge in [-0.15, -0.1) is 0 Å². The molecule has 2 aromatic carbocycles. The van der Waals surface area contributed by atoms with E-state index in [0.29, 0.717) is 10.5 Å². The Morgan fingerprint density at radius 2 is 1.75 bits per heavy atom. The number of carbonyl (C=O) groups excluding carboxylic acids is 2. The van der Waals surface area contributed by atoms with E-state index in [-0.39, 0.29) is 10.2 Å². The Morgan fingerprint density at radius 3 is 2.38 bits per heavy atom. The summed E-state index contributed by atoms with van der Waals surface area (Å²) in [7, 11) is 0. The number of aryl methyl sites for hydroxylation is 1. The van der Waals surface area contributed by atoms with Crippen molar-refractivity contribution in [1.29, 1.82) is 0 Å². The van der Waals surface area contributed by atoms with Crippen LogP contribution in [-0.2, 0) is 4.79 Å². The molecule has 0 spiro atoms. The van der Waals surface area contributed by atoms with Crippen molar-refractivity contribution < 1.29 is 9.59 Å². The lowest BCUT2D eigenvalue weighted by atomic mass is 10.1. The predicted octanol–water partition coefficient (Wildman–Crippen LogP) is 4.80. The zero-order valence-corrected chi connectivity index (χ0v) is 15.9. The number of benzene rings is 2. The van der Waals surface area contributed by atoms with Gasteiger partial charge in [0.25, 0.3) is 11.8 Å². The average molecular weight is 418 g/mol. The third-order valence-electron chi connectivity index (χ3n) is 3.46. The highest BCUT2D eigenvalue weighted by atomic mass is 79.9. The van der Waals surface area contributed by atoms with Gasteiger partial charge in [-0.25, -0.2) is 4.90 Å². The smallest absolute Gasteiger partial charge is 0.268 e. The normalized spacial score (nSPS) is 16.1. The Hall–Kier alpha value is -1.76. The van der Waals surface area contributed by atoms with Crippen molar-refractivity contribution in [2.24, 2.45) is 0 Å². The molecule has 1 saturated heterocycles. The number of amides is 2. The van der Waals surface area contributed by atoms with Crippen molar-refractivity contribution >= 4 is 62.1 Å². The standard InChI is InChI=1S/C18H12BrNO2S2/c1-11-2-6-13(7-3-11)16(21)20-17(22)15(24-18(20)23)10-12-4-8-14(19)9-5-12/h2-10H,1H3. The highest BCUT2D eigenvalue weighted by molar-refractivity contribution is 9.10. The fourth-order valence-corrected chi connectivity index (χ4v) is 3.70. The molecule has 24 heavy (non-hydrogen) atoms. The Bertz CT molecular complexity index is 858. The molecule has 0 saturated carbocycles. The van der Waals surface area contributed by atoms with Crippen molar-refractivity contribution in [3.05, 3.63) is 74.6 Å². The molecule has 1 aliphatic heterocycles. The number of imide groups is 1. The maximum Gasteiger partial charge on any atom is 0.273 e. The fraction of sp³-hybridized carbons (Fsp3) is 0.0556. The van der Waals surface area contributed by atoms with Gasteiger partial charge >= 0.3 is 0 Å². The van der Waals surface area contributed by atoms with Gasteiger partial charge in [0.1, 0.15) is 0 Å². The van der Waals surface area contributed by atoms with Crippen LogP contribution in [0.1, 0.15) is 21.5 Å². The van der Waals surface area contributed by atoms with Crippen molar-refractivity contribution in [2.45, 2.75) is 6.92 Å². The van der Waals surface area contributed by atoms with E-state index in [1.165, 1.54) is 0 Å². The van der Waals surface area contributed by atoms with Crippen LogP contribution in [0.2, 0.25) is 0 Å². The van der Waals surface area contributed by atoms with Crippen molar-refractivity contribution in [3.63, 3.8) is 0 Å². The second kappa shape index (κ2) is 7.01. The molecule has 0 bridgehead atoms. The van der Waals surface area contributed by atoms with Crippen LogP contribution in [-0.4, -0.2) is 21.0 Å². The summed E-state index contributed by atoms with van der Waals surface area (Å²) in [6.07, 6.45) is 1.74. The second-order valence-electron chi connectivity index (χ2n) is 5.24. The maximum atomic E-state index is 12.6. The van der Waals surface area contributed by atoms with Crippen LogP contribution < -0.4 is 0 Å². The SMILES string of the molecule is Cc1ccc(C(=O)N2C(=O)C(=Cc3ccc(Br)cc3)SC2=S)cc1. The molecular formula is C18H12BrNO2S2. The number of halogens is 1. The zero-order valence-electron chi connectivity index (χ0n) is 12.7. The van der Waals surface area contributed by atoms with Gasteiger partial charge in [0.2, 0.25) is 0 Å². The minimum atomic E-state index is -0.392. The van der Waals surface area contributed by atoms with Crippen molar-refractivity contribution in [1.82, 2.24) is 4.90 Å². The van der Waals surface area contributed by atoms with Gasteiger partial charge in [0.15, 0.2) is 4.32 Å². The third-order valence-corrected chi connectivity index (χ3v) is 5.29. The molecule has 6 heteroatoms. The van der Waals surface area contributed by atoms with Gasteiger partial charge in [-0.2, -0.15) is 0 Å². The molecule has 2 aromatic rings. The Labute approximate surface area is 157 Å². The first kappa shape index (κ1) is 17.1. The quantitative estimate of drug-likeness (QED) is 0.399. The number of thioether (sulfide) groups is 1. The molecule has 1 fully saturated rings. The highest BCUT2D eigenvalue weighted by Crippen LogP contribution is 2.33. The molecule has 0 aromatic heterocycles. The topological polar surface area (TPSA) is 37.4 Å². The van der Waals surface area contributed by atoms with E-state index in [2.05, 4.69) is 15.9 Å². The number of carbonyl (C=O) groups is 2. The van der Waals surface area contributed by atoms with Crippen LogP contribution in [0.4, 0.5) is 0 Å². The van der Waals surface area contributed by atoms with Crippen LogP contribution in [0.3, 0.4) is 0 Å². The number of hydrogen-bond donors (Lipinski definition) is 0. The maximum absolute atomic E-state index is 12.6. The highest BCUT2D eigenvalue weighted by Gasteiger charge is 2.37. The first-order chi connectivity index (χ1) is 11.5. The van der Waals surface area contributed by atoms with E-state index in [9.17, 15) is 9.59 Å². The molecule has 1 heterocycles. The molecule has 2 amide bonds. The first-order valence-corrected chi connectivity index (χ1v) is 9.12. The van der Waals surface area contributed by atoms with Crippen molar-refractivity contribution in [2.75, 3.05) is 0 Å². The van der Waals surface area contributed by atoms with Gasteiger partial charge in [0.05, 0.1) is 4.91 Å². The third kappa shape index (κ3) is 3.50. The molecule has 0 N–H and O–H groups in total. The summed E-state index contributed by atoms with van der Waals surface area (Å²) in [6.45, 7) is 1.94. The van der Waals surface area contributed by atoms with Gasteiger partial charge in [-0.3, -0.25) is 9.59 Å². The molecule has 3 rings (SSSR count).